The molecule has 2 N–H and O–H groups in total. The third-order valence-corrected chi connectivity index (χ3v) is 5.46. The second kappa shape index (κ2) is 11.0. The molecule has 0 saturated carbocycles. The zero-order valence-corrected chi connectivity index (χ0v) is 18.3. The fraction of sp³-hybridized carbons (Fsp3) is 0.524. The second-order valence-electron chi connectivity index (χ2n) is 7.31. The number of benzene rings is 1. The van der Waals surface area contributed by atoms with Crippen LogP contribution in [0.25, 0.3) is 10.9 Å². The molecule has 0 aliphatic heterocycles. The highest BCUT2D eigenvalue weighted by Gasteiger charge is 2.21. The minimum absolute atomic E-state index is 0.0683. The Morgan fingerprint density at radius 2 is 1.86 bits per heavy atom. The summed E-state index contributed by atoms with van der Waals surface area (Å²) in [7, 11) is 0. The van der Waals surface area contributed by atoms with Gasteiger partial charge in [0.15, 0.2) is 5.16 Å². The summed E-state index contributed by atoms with van der Waals surface area (Å²) in [5, 5.41) is 5.45. The minimum Gasteiger partial charge on any atom is -0.336 e. The van der Waals surface area contributed by atoms with Crippen LogP contribution in [0, 0.1) is 0 Å². The van der Waals surface area contributed by atoms with Gasteiger partial charge in [0.2, 0.25) is 5.91 Å². The molecule has 0 spiro atoms. The smallest absolute Gasteiger partial charge is 0.321 e. The second-order valence-corrected chi connectivity index (χ2v) is 8.61. The van der Waals surface area contributed by atoms with Gasteiger partial charge in [-0.05, 0) is 39.3 Å². The first-order valence-electron chi connectivity index (χ1n) is 10.1. The van der Waals surface area contributed by atoms with Crippen LogP contribution in [-0.2, 0) is 11.3 Å². The van der Waals surface area contributed by atoms with Crippen molar-refractivity contribution >= 4 is 34.6 Å². The molecular formula is C21H30N4O3S. The highest BCUT2D eigenvalue weighted by molar-refractivity contribution is 8.00. The highest BCUT2D eigenvalue weighted by Crippen LogP contribution is 2.23. The van der Waals surface area contributed by atoms with Crippen molar-refractivity contribution in [2.45, 2.75) is 76.4 Å². The molecule has 0 unspecified atom stereocenters. The Labute approximate surface area is 175 Å². The molecule has 8 heteroatoms. The van der Waals surface area contributed by atoms with Crippen LogP contribution in [-0.4, -0.2) is 32.8 Å². The van der Waals surface area contributed by atoms with Crippen LogP contribution in [0.1, 0.15) is 53.4 Å². The first-order chi connectivity index (χ1) is 13.8. The topological polar surface area (TPSA) is 93.1 Å². The summed E-state index contributed by atoms with van der Waals surface area (Å²) in [6, 6.07) is 6.63. The number of hydrogen-bond acceptors (Lipinski definition) is 5. The largest absolute Gasteiger partial charge is 0.336 e. The third-order valence-electron chi connectivity index (χ3n) is 4.37. The summed E-state index contributed by atoms with van der Waals surface area (Å²) in [6.07, 6.45) is 4.13. The van der Waals surface area contributed by atoms with Gasteiger partial charge < -0.3 is 5.32 Å². The number of carbonyl (C=O) groups is 2. The molecule has 0 bridgehead atoms. The van der Waals surface area contributed by atoms with Gasteiger partial charge in [0.05, 0.1) is 16.2 Å². The van der Waals surface area contributed by atoms with Crippen molar-refractivity contribution in [3.63, 3.8) is 0 Å². The van der Waals surface area contributed by atoms with Gasteiger partial charge in [-0.1, -0.05) is 50.1 Å². The minimum atomic E-state index is -0.581. The van der Waals surface area contributed by atoms with E-state index in [0.717, 1.165) is 25.7 Å². The molecule has 29 heavy (non-hydrogen) atoms. The van der Waals surface area contributed by atoms with Crippen molar-refractivity contribution in [3.05, 3.63) is 34.6 Å². The molecule has 0 fully saturated rings. The molecule has 2 rings (SSSR count). The number of hydrogen-bond donors (Lipinski definition) is 2. The van der Waals surface area contributed by atoms with Gasteiger partial charge in [0.25, 0.3) is 5.56 Å². The maximum Gasteiger partial charge on any atom is 0.321 e. The lowest BCUT2D eigenvalue weighted by molar-refractivity contribution is -0.119. The number of unbranched alkanes of at least 4 members (excludes halogenated alkanes) is 3. The Morgan fingerprint density at radius 1 is 1.14 bits per heavy atom. The van der Waals surface area contributed by atoms with Gasteiger partial charge in [0.1, 0.15) is 0 Å². The quantitative estimate of drug-likeness (QED) is 0.368. The molecule has 0 radical (unpaired) electrons. The summed E-state index contributed by atoms with van der Waals surface area (Å²) in [5.74, 6) is -0.423. The van der Waals surface area contributed by atoms with Crippen LogP contribution in [0.3, 0.4) is 0 Å². The molecule has 1 heterocycles. The molecule has 3 amide bonds. The molecule has 1 aromatic heterocycles. The van der Waals surface area contributed by atoms with E-state index in [1.165, 1.54) is 11.8 Å². The van der Waals surface area contributed by atoms with Crippen molar-refractivity contribution in [1.29, 1.82) is 0 Å². The standard InChI is InChI=1S/C21H30N4O3S/c1-5-6-7-10-13-25-19(27)16-11-8-9-12-17(16)23-21(25)29-15(4)18(26)24-20(28)22-14(2)3/h8-9,11-12,14-15H,5-7,10,13H2,1-4H3,(H2,22,24,26,28)/t15-/m1/s1. The molecule has 7 nitrogen and oxygen atoms in total. The highest BCUT2D eigenvalue weighted by atomic mass is 32.2. The number of fused-ring (bicyclic) bond motifs is 1. The zero-order chi connectivity index (χ0) is 21.4. The van der Waals surface area contributed by atoms with E-state index in [0.29, 0.717) is 22.6 Å². The summed E-state index contributed by atoms with van der Waals surface area (Å²) >= 11 is 1.19. The monoisotopic (exact) mass is 418 g/mol. The van der Waals surface area contributed by atoms with Crippen molar-refractivity contribution in [2.24, 2.45) is 0 Å². The van der Waals surface area contributed by atoms with Crippen molar-refractivity contribution in [3.8, 4) is 0 Å². The number of para-hydroxylation sites is 1. The number of aromatic nitrogens is 2. The lowest BCUT2D eigenvalue weighted by atomic mass is 10.2. The molecule has 0 aliphatic carbocycles. The third kappa shape index (κ3) is 6.59. The van der Waals surface area contributed by atoms with E-state index in [1.807, 2.05) is 26.0 Å². The Balaban J connectivity index is 2.23. The molecule has 2 aromatic rings. The molecule has 0 aliphatic rings. The molecule has 1 aromatic carbocycles. The van der Waals surface area contributed by atoms with Crippen LogP contribution in [0.4, 0.5) is 4.79 Å². The van der Waals surface area contributed by atoms with E-state index in [2.05, 4.69) is 22.5 Å². The van der Waals surface area contributed by atoms with Crippen molar-refractivity contribution in [2.75, 3.05) is 0 Å². The molecule has 0 saturated heterocycles. The molecule has 1 atom stereocenters. The lowest BCUT2D eigenvalue weighted by Gasteiger charge is -2.16. The van der Waals surface area contributed by atoms with E-state index in [-0.39, 0.29) is 11.6 Å². The Hall–Kier alpha value is -2.35. The van der Waals surface area contributed by atoms with Crippen LogP contribution < -0.4 is 16.2 Å². The lowest BCUT2D eigenvalue weighted by Crippen LogP contribution is -2.45. The Kier molecular flexibility index (Phi) is 8.70. The van der Waals surface area contributed by atoms with E-state index in [1.54, 1.807) is 23.6 Å². The van der Waals surface area contributed by atoms with Crippen molar-refractivity contribution in [1.82, 2.24) is 20.2 Å². The Morgan fingerprint density at radius 3 is 2.55 bits per heavy atom. The normalized spacial score (nSPS) is 12.2. The van der Waals surface area contributed by atoms with Gasteiger partial charge in [-0.2, -0.15) is 0 Å². The summed E-state index contributed by atoms with van der Waals surface area (Å²) in [4.78, 5) is 41.8. The van der Waals surface area contributed by atoms with Crippen LogP contribution in [0.2, 0.25) is 0 Å². The predicted octanol–water partition coefficient (Wildman–Crippen LogP) is 3.69. The number of imide groups is 1. The van der Waals surface area contributed by atoms with Gasteiger partial charge in [-0.25, -0.2) is 9.78 Å². The maximum atomic E-state index is 13.0. The molecular weight excluding hydrogens is 388 g/mol. The first kappa shape index (κ1) is 22.9. The number of thioether (sulfide) groups is 1. The summed E-state index contributed by atoms with van der Waals surface area (Å²) in [6.45, 7) is 8.03. The van der Waals surface area contributed by atoms with Gasteiger partial charge in [0, 0.05) is 12.6 Å². The SMILES string of the molecule is CCCCCCn1c(S[C@H](C)C(=O)NC(=O)NC(C)C)nc2ccccc2c1=O. The number of carbonyl (C=O) groups excluding carboxylic acids is 2. The van der Waals surface area contributed by atoms with E-state index in [4.69, 9.17) is 0 Å². The predicted molar refractivity (Wildman–Crippen MR) is 117 cm³/mol. The number of amides is 3. The number of urea groups is 1. The number of nitrogens with one attached hydrogen (secondary N) is 2. The Bertz CT molecular complexity index is 910. The summed E-state index contributed by atoms with van der Waals surface area (Å²) < 4.78 is 1.65. The molecule has 158 valence electrons. The summed E-state index contributed by atoms with van der Waals surface area (Å²) in [5.41, 5.74) is 0.509. The van der Waals surface area contributed by atoms with Crippen LogP contribution in [0.15, 0.2) is 34.2 Å². The van der Waals surface area contributed by atoms with Crippen LogP contribution >= 0.6 is 11.8 Å². The fourth-order valence-electron chi connectivity index (χ4n) is 2.85. The van der Waals surface area contributed by atoms with Crippen molar-refractivity contribution < 1.29 is 9.59 Å². The van der Waals surface area contributed by atoms with Gasteiger partial charge in [-0.3, -0.25) is 19.5 Å². The average molecular weight is 419 g/mol. The average Bonchev–Trinajstić information content (AvgIpc) is 2.66. The number of nitrogens with zero attached hydrogens (tertiary/aromatic N) is 2. The zero-order valence-electron chi connectivity index (χ0n) is 17.5. The first-order valence-corrected chi connectivity index (χ1v) is 11.0. The number of rotatable bonds is 9. The maximum absolute atomic E-state index is 13.0. The van der Waals surface area contributed by atoms with Crippen LogP contribution in [0.5, 0.6) is 0 Å². The van der Waals surface area contributed by atoms with E-state index < -0.39 is 17.2 Å². The van der Waals surface area contributed by atoms with Gasteiger partial charge in [-0.15, -0.1) is 0 Å². The fourth-order valence-corrected chi connectivity index (χ4v) is 3.79. The van der Waals surface area contributed by atoms with E-state index in [9.17, 15) is 14.4 Å². The van der Waals surface area contributed by atoms with E-state index >= 15 is 0 Å². The van der Waals surface area contributed by atoms with Gasteiger partial charge >= 0.3 is 6.03 Å².